The standard InChI is InChI=1S/C22H20N2O4S/c1-3-27-18-10-9-15(19(12-18)28-4-2)11-20-21(25)24(22(26)29-20)14-17-8-6-5-7-16(17)13-23/h5-12H,3-4,14H2,1-2H3/b20-11+. The van der Waals surface area contributed by atoms with Gasteiger partial charge < -0.3 is 9.47 Å². The first-order valence-electron chi connectivity index (χ1n) is 9.20. The van der Waals surface area contributed by atoms with Crippen LogP contribution in [0.4, 0.5) is 4.79 Å². The number of thioether (sulfide) groups is 1. The second-order valence-electron chi connectivity index (χ2n) is 6.10. The molecule has 2 aromatic rings. The summed E-state index contributed by atoms with van der Waals surface area (Å²) in [5.74, 6) is 0.874. The highest BCUT2D eigenvalue weighted by Gasteiger charge is 2.35. The fraction of sp³-hybridized carbons (Fsp3) is 0.227. The SMILES string of the molecule is CCOc1ccc(/C=C2/SC(=O)N(Cc3ccccc3C#N)C2=O)c(OCC)c1. The molecule has 1 aliphatic rings. The van der Waals surface area contributed by atoms with E-state index in [-0.39, 0.29) is 17.7 Å². The summed E-state index contributed by atoms with van der Waals surface area (Å²) in [4.78, 5) is 26.7. The van der Waals surface area contributed by atoms with Crippen LogP contribution >= 0.6 is 11.8 Å². The lowest BCUT2D eigenvalue weighted by molar-refractivity contribution is -0.123. The van der Waals surface area contributed by atoms with Crippen molar-refractivity contribution in [3.8, 4) is 17.6 Å². The third-order valence-electron chi connectivity index (χ3n) is 4.22. The molecule has 0 unspecified atom stereocenters. The van der Waals surface area contributed by atoms with Gasteiger partial charge >= 0.3 is 0 Å². The average molecular weight is 408 g/mol. The lowest BCUT2D eigenvalue weighted by atomic mass is 10.1. The maximum atomic E-state index is 12.8. The first-order valence-corrected chi connectivity index (χ1v) is 10.0. The predicted molar refractivity (Wildman–Crippen MR) is 111 cm³/mol. The maximum absolute atomic E-state index is 12.8. The maximum Gasteiger partial charge on any atom is 0.293 e. The second-order valence-corrected chi connectivity index (χ2v) is 7.10. The van der Waals surface area contributed by atoms with E-state index in [0.717, 1.165) is 16.7 Å². The van der Waals surface area contributed by atoms with Crippen molar-refractivity contribution in [1.29, 1.82) is 5.26 Å². The molecule has 0 spiro atoms. The molecule has 0 aromatic heterocycles. The van der Waals surface area contributed by atoms with Gasteiger partial charge in [-0.25, -0.2) is 0 Å². The Bertz CT molecular complexity index is 1010. The van der Waals surface area contributed by atoms with Crippen LogP contribution in [0.15, 0.2) is 47.4 Å². The van der Waals surface area contributed by atoms with E-state index in [2.05, 4.69) is 6.07 Å². The highest BCUT2D eigenvalue weighted by Crippen LogP contribution is 2.36. The molecule has 0 aliphatic carbocycles. The predicted octanol–water partition coefficient (Wildman–Crippen LogP) is 4.59. The molecular weight excluding hydrogens is 388 g/mol. The summed E-state index contributed by atoms with van der Waals surface area (Å²) in [6, 6.07) is 14.4. The topological polar surface area (TPSA) is 79.6 Å². The number of benzene rings is 2. The third-order valence-corrected chi connectivity index (χ3v) is 5.13. The van der Waals surface area contributed by atoms with Crippen molar-refractivity contribution in [3.63, 3.8) is 0 Å². The van der Waals surface area contributed by atoms with Crippen LogP contribution in [0, 0.1) is 11.3 Å². The Kier molecular flexibility index (Phi) is 6.57. The zero-order valence-corrected chi connectivity index (χ0v) is 17.0. The summed E-state index contributed by atoms with van der Waals surface area (Å²) in [5.41, 5.74) is 1.77. The van der Waals surface area contributed by atoms with E-state index in [0.29, 0.717) is 46.3 Å². The van der Waals surface area contributed by atoms with Crippen molar-refractivity contribution in [2.45, 2.75) is 20.4 Å². The quantitative estimate of drug-likeness (QED) is 0.623. The fourth-order valence-electron chi connectivity index (χ4n) is 2.89. The minimum Gasteiger partial charge on any atom is -0.494 e. The van der Waals surface area contributed by atoms with E-state index in [1.165, 1.54) is 0 Å². The molecule has 1 aliphatic heterocycles. The van der Waals surface area contributed by atoms with Crippen molar-refractivity contribution < 1.29 is 19.1 Å². The molecule has 3 rings (SSSR count). The van der Waals surface area contributed by atoms with Crippen molar-refractivity contribution in [1.82, 2.24) is 4.90 Å². The number of carbonyl (C=O) groups is 2. The van der Waals surface area contributed by atoms with Gasteiger partial charge in [-0.2, -0.15) is 5.26 Å². The molecule has 1 heterocycles. The van der Waals surface area contributed by atoms with E-state index < -0.39 is 0 Å². The fourth-order valence-corrected chi connectivity index (χ4v) is 3.72. The van der Waals surface area contributed by atoms with Gasteiger partial charge in [0.1, 0.15) is 11.5 Å². The highest BCUT2D eigenvalue weighted by atomic mass is 32.2. The van der Waals surface area contributed by atoms with Crippen LogP contribution in [-0.4, -0.2) is 29.3 Å². The number of rotatable bonds is 7. The molecule has 0 N–H and O–H groups in total. The Morgan fingerprint density at radius 2 is 1.86 bits per heavy atom. The number of ether oxygens (including phenoxy) is 2. The molecule has 29 heavy (non-hydrogen) atoms. The molecule has 0 radical (unpaired) electrons. The van der Waals surface area contributed by atoms with Gasteiger partial charge in [-0.05, 0) is 55.4 Å². The molecule has 0 atom stereocenters. The summed E-state index contributed by atoms with van der Waals surface area (Å²) >= 11 is 0.879. The zero-order chi connectivity index (χ0) is 20.8. The molecule has 6 nitrogen and oxygen atoms in total. The van der Waals surface area contributed by atoms with Crippen molar-refractivity contribution in [2.75, 3.05) is 13.2 Å². The van der Waals surface area contributed by atoms with E-state index >= 15 is 0 Å². The van der Waals surface area contributed by atoms with Crippen LogP contribution in [0.25, 0.3) is 6.08 Å². The summed E-state index contributed by atoms with van der Waals surface area (Å²) in [6.45, 7) is 4.83. The van der Waals surface area contributed by atoms with Gasteiger partial charge in [0.25, 0.3) is 11.1 Å². The number of nitrogens with zero attached hydrogens (tertiary/aromatic N) is 2. The van der Waals surface area contributed by atoms with Gasteiger partial charge in [0, 0.05) is 11.6 Å². The van der Waals surface area contributed by atoms with E-state index in [1.54, 1.807) is 48.5 Å². The third kappa shape index (κ3) is 4.61. The molecule has 1 saturated heterocycles. The van der Waals surface area contributed by atoms with Crippen LogP contribution in [0.3, 0.4) is 0 Å². The average Bonchev–Trinajstić information content (AvgIpc) is 2.98. The molecule has 7 heteroatoms. The Morgan fingerprint density at radius 3 is 2.59 bits per heavy atom. The monoisotopic (exact) mass is 408 g/mol. The van der Waals surface area contributed by atoms with Gasteiger partial charge in [0.05, 0.1) is 36.3 Å². The first kappa shape index (κ1) is 20.5. The summed E-state index contributed by atoms with van der Waals surface area (Å²) in [7, 11) is 0. The van der Waals surface area contributed by atoms with Crippen LogP contribution in [0.5, 0.6) is 11.5 Å². The number of hydrogen-bond donors (Lipinski definition) is 0. The molecule has 2 aromatic carbocycles. The highest BCUT2D eigenvalue weighted by molar-refractivity contribution is 8.18. The summed E-state index contributed by atoms with van der Waals surface area (Å²) in [6.07, 6.45) is 1.65. The molecular formula is C22H20N2O4S. The van der Waals surface area contributed by atoms with Crippen LogP contribution in [-0.2, 0) is 11.3 Å². The van der Waals surface area contributed by atoms with Crippen molar-refractivity contribution >= 4 is 29.0 Å². The Hall–Kier alpha value is -3.24. The van der Waals surface area contributed by atoms with Gasteiger partial charge in [-0.3, -0.25) is 14.5 Å². The van der Waals surface area contributed by atoms with Gasteiger partial charge in [-0.15, -0.1) is 0 Å². The number of nitriles is 1. The van der Waals surface area contributed by atoms with Crippen LogP contribution in [0.1, 0.15) is 30.5 Å². The summed E-state index contributed by atoms with van der Waals surface area (Å²) in [5, 5.41) is 8.87. The number of carbonyl (C=O) groups excluding carboxylic acids is 2. The van der Waals surface area contributed by atoms with E-state index in [4.69, 9.17) is 9.47 Å². The lowest BCUT2D eigenvalue weighted by Crippen LogP contribution is -2.27. The Balaban J connectivity index is 1.87. The molecule has 0 bridgehead atoms. The van der Waals surface area contributed by atoms with E-state index in [1.807, 2.05) is 13.8 Å². The minimum absolute atomic E-state index is 0.0628. The minimum atomic E-state index is -0.385. The first-order chi connectivity index (χ1) is 14.1. The van der Waals surface area contributed by atoms with Crippen molar-refractivity contribution in [3.05, 3.63) is 64.1 Å². The number of amides is 2. The summed E-state index contributed by atoms with van der Waals surface area (Å²) < 4.78 is 11.2. The van der Waals surface area contributed by atoms with E-state index in [9.17, 15) is 14.9 Å². The van der Waals surface area contributed by atoms with Gasteiger partial charge in [-0.1, -0.05) is 18.2 Å². The van der Waals surface area contributed by atoms with Crippen LogP contribution < -0.4 is 9.47 Å². The second kappa shape index (κ2) is 9.30. The molecule has 2 amide bonds. The van der Waals surface area contributed by atoms with Crippen molar-refractivity contribution in [2.24, 2.45) is 0 Å². The number of hydrogen-bond acceptors (Lipinski definition) is 6. The smallest absolute Gasteiger partial charge is 0.293 e. The molecule has 0 saturated carbocycles. The van der Waals surface area contributed by atoms with Crippen LogP contribution in [0.2, 0.25) is 0 Å². The van der Waals surface area contributed by atoms with Gasteiger partial charge in [0.15, 0.2) is 0 Å². The molecule has 148 valence electrons. The normalized spacial score (nSPS) is 14.9. The number of imide groups is 1. The molecule has 1 fully saturated rings. The lowest BCUT2D eigenvalue weighted by Gasteiger charge is -2.13. The Labute approximate surface area is 173 Å². The zero-order valence-electron chi connectivity index (χ0n) is 16.2. The largest absolute Gasteiger partial charge is 0.494 e. The van der Waals surface area contributed by atoms with Gasteiger partial charge in [0.2, 0.25) is 0 Å². The Morgan fingerprint density at radius 1 is 1.10 bits per heavy atom.